The van der Waals surface area contributed by atoms with Crippen LogP contribution in [0.25, 0.3) is 10.2 Å². The van der Waals surface area contributed by atoms with Crippen molar-refractivity contribution in [2.24, 2.45) is 5.92 Å². The van der Waals surface area contributed by atoms with E-state index < -0.39 is 0 Å². The molecule has 0 aromatic carbocycles. The Kier molecular flexibility index (Phi) is 3.11. The number of amides is 1. The molecule has 22 heavy (non-hydrogen) atoms. The van der Waals surface area contributed by atoms with Gasteiger partial charge in [0.25, 0.3) is 5.56 Å². The van der Waals surface area contributed by atoms with Crippen molar-refractivity contribution in [2.45, 2.75) is 38.6 Å². The summed E-state index contributed by atoms with van der Waals surface area (Å²) in [4.78, 5) is 33.5. The Morgan fingerprint density at radius 1 is 1.32 bits per heavy atom. The number of carbonyl (C=O) groups is 1. The molecule has 1 amide bonds. The van der Waals surface area contributed by atoms with Crippen molar-refractivity contribution in [3.8, 4) is 0 Å². The van der Waals surface area contributed by atoms with Crippen molar-refractivity contribution in [3.05, 3.63) is 27.1 Å². The lowest BCUT2D eigenvalue weighted by atomic mass is 9.89. The standard InChI is InChI=1S/C16H19N3O2S/c1-9-3-4-10-12(7-9)22-14-13(10)16(21)19(8-17-14)11-5-6-18(2)15(11)20/h8-9,11H,3-7H2,1-2H3/t9-,11+/m1/s1. The molecular formula is C16H19N3O2S. The monoisotopic (exact) mass is 317 g/mol. The van der Waals surface area contributed by atoms with Gasteiger partial charge in [0.15, 0.2) is 0 Å². The number of aromatic nitrogens is 2. The van der Waals surface area contributed by atoms with E-state index in [1.54, 1.807) is 34.2 Å². The molecule has 0 spiro atoms. The first kappa shape index (κ1) is 13.9. The van der Waals surface area contributed by atoms with Crippen molar-refractivity contribution in [3.63, 3.8) is 0 Å². The predicted molar refractivity (Wildman–Crippen MR) is 86.4 cm³/mol. The van der Waals surface area contributed by atoms with Gasteiger partial charge in [-0.1, -0.05) is 6.92 Å². The second-order valence-electron chi connectivity index (χ2n) is 6.55. The SMILES string of the molecule is C[C@@H]1CCc2c(sc3ncn([C@H]4CCN(C)C4=O)c(=O)c23)C1. The molecule has 5 nitrogen and oxygen atoms in total. The topological polar surface area (TPSA) is 55.2 Å². The van der Waals surface area contributed by atoms with Crippen LogP contribution in [0.5, 0.6) is 0 Å². The number of carbonyl (C=O) groups excluding carboxylic acids is 1. The maximum atomic E-state index is 12.9. The second-order valence-corrected chi connectivity index (χ2v) is 7.64. The molecule has 4 rings (SSSR count). The van der Waals surface area contributed by atoms with Gasteiger partial charge in [-0.25, -0.2) is 4.98 Å². The fourth-order valence-electron chi connectivity index (χ4n) is 3.63. The van der Waals surface area contributed by atoms with Gasteiger partial charge in [-0.05, 0) is 37.2 Å². The van der Waals surface area contributed by atoms with Crippen LogP contribution in [0.1, 0.15) is 36.2 Å². The average Bonchev–Trinajstić information content (AvgIpc) is 3.01. The lowest BCUT2D eigenvalue weighted by molar-refractivity contribution is -0.129. The van der Waals surface area contributed by atoms with Crippen molar-refractivity contribution in [1.82, 2.24) is 14.5 Å². The van der Waals surface area contributed by atoms with Crippen LogP contribution in [-0.4, -0.2) is 34.0 Å². The van der Waals surface area contributed by atoms with Gasteiger partial charge in [0.1, 0.15) is 10.9 Å². The van der Waals surface area contributed by atoms with E-state index in [1.807, 2.05) is 0 Å². The lowest BCUT2D eigenvalue weighted by Gasteiger charge is -2.18. The Hall–Kier alpha value is -1.69. The Bertz CT molecular complexity index is 823. The zero-order valence-corrected chi connectivity index (χ0v) is 13.7. The third kappa shape index (κ3) is 1.93. The summed E-state index contributed by atoms with van der Waals surface area (Å²) >= 11 is 1.65. The highest BCUT2D eigenvalue weighted by Gasteiger charge is 2.32. The Morgan fingerprint density at radius 3 is 2.86 bits per heavy atom. The van der Waals surface area contributed by atoms with E-state index >= 15 is 0 Å². The van der Waals surface area contributed by atoms with Gasteiger partial charge in [-0.3, -0.25) is 14.2 Å². The number of nitrogens with zero attached hydrogens (tertiary/aromatic N) is 3. The number of likely N-dealkylation sites (tertiary alicyclic amines) is 1. The third-order valence-corrected chi connectivity index (χ3v) is 6.14. The molecule has 0 radical (unpaired) electrons. The summed E-state index contributed by atoms with van der Waals surface area (Å²) in [6.45, 7) is 2.96. The number of likely N-dealkylation sites (N-methyl/N-ethyl adjacent to an activating group) is 1. The van der Waals surface area contributed by atoms with Gasteiger partial charge in [-0.2, -0.15) is 0 Å². The summed E-state index contributed by atoms with van der Waals surface area (Å²) in [6.07, 6.45) is 5.37. The second kappa shape index (κ2) is 4.91. The first-order chi connectivity index (χ1) is 10.6. The van der Waals surface area contributed by atoms with E-state index in [0.717, 1.165) is 29.5 Å². The molecule has 3 heterocycles. The molecular weight excluding hydrogens is 298 g/mol. The number of thiophene rings is 1. The molecule has 2 aliphatic rings. The lowest BCUT2D eigenvalue weighted by Crippen LogP contribution is -2.31. The molecule has 0 N–H and O–H groups in total. The number of hydrogen-bond acceptors (Lipinski definition) is 4. The van der Waals surface area contributed by atoms with E-state index in [-0.39, 0.29) is 17.5 Å². The first-order valence-corrected chi connectivity index (χ1v) is 8.64. The smallest absolute Gasteiger partial charge is 0.263 e. The highest BCUT2D eigenvalue weighted by Crippen LogP contribution is 2.35. The molecule has 2 aromatic heterocycles. The summed E-state index contributed by atoms with van der Waals surface area (Å²) in [7, 11) is 1.78. The molecule has 0 unspecified atom stereocenters. The van der Waals surface area contributed by atoms with E-state index in [9.17, 15) is 9.59 Å². The van der Waals surface area contributed by atoms with E-state index in [0.29, 0.717) is 18.9 Å². The van der Waals surface area contributed by atoms with Crippen LogP contribution < -0.4 is 5.56 Å². The van der Waals surface area contributed by atoms with E-state index in [2.05, 4.69) is 11.9 Å². The van der Waals surface area contributed by atoms with Gasteiger partial charge >= 0.3 is 0 Å². The molecule has 0 saturated carbocycles. The van der Waals surface area contributed by atoms with Crippen molar-refractivity contribution < 1.29 is 4.79 Å². The van der Waals surface area contributed by atoms with Crippen LogP contribution in [0.15, 0.2) is 11.1 Å². The minimum atomic E-state index is -0.382. The van der Waals surface area contributed by atoms with Gasteiger partial charge in [0.05, 0.1) is 11.7 Å². The van der Waals surface area contributed by atoms with Crippen LogP contribution in [0.2, 0.25) is 0 Å². The molecule has 0 bridgehead atoms. The highest BCUT2D eigenvalue weighted by atomic mass is 32.1. The highest BCUT2D eigenvalue weighted by molar-refractivity contribution is 7.18. The third-order valence-electron chi connectivity index (χ3n) is 4.98. The zero-order valence-electron chi connectivity index (χ0n) is 12.8. The van der Waals surface area contributed by atoms with E-state index in [1.165, 1.54) is 10.4 Å². The van der Waals surface area contributed by atoms with Crippen molar-refractivity contribution in [1.29, 1.82) is 0 Å². The Labute approximate surface area is 132 Å². The predicted octanol–water partition coefficient (Wildman–Crippen LogP) is 1.99. The Balaban J connectivity index is 1.88. The minimum absolute atomic E-state index is 0.0148. The number of fused-ring (bicyclic) bond motifs is 3. The van der Waals surface area contributed by atoms with Crippen LogP contribution in [0, 0.1) is 5.92 Å². The molecule has 1 aliphatic heterocycles. The quantitative estimate of drug-likeness (QED) is 0.808. The fraction of sp³-hybridized carbons (Fsp3) is 0.562. The summed E-state index contributed by atoms with van der Waals surface area (Å²) in [5.41, 5.74) is 1.15. The van der Waals surface area contributed by atoms with Gasteiger partial charge in [-0.15, -0.1) is 11.3 Å². The molecule has 2 atom stereocenters. The normalized spacial score (nSPS) is 25.0. The average molecular weight is 317 g/mol. The molecule has 1 aliphatic carbocycles. The van der Waals surface area contributed by atoms with Crippen LogP contribution in [-0.2, 0) is 17.6 Å². The molecule has 2 aromatic rings. The maximum Gasteiger partial charge on any atom is 0.263 e. The van der Waals surface area contributed by atoms with Crippen molar-refractivity contribution in [2.75, 3.05) is 13.6 Å². The number of hydrogen-bond donors (Lipinski definition) is 0. The molecule has 6 heteroatoms. The maximum absolute atomic E-state index is 12.9. The molecule has 1 fully saturated rings. The largest absolute Gasteiger partial charge is 0.344 e. The van der Waals surface area contributed by atoms with Gasteiger partial charge < -0.3 is 4.90 Å². The van der Waals surface area contributed by atoms with E-state index in [4.69, 9.17) is 0 Å². The minimum Gasteiger partial charge on any atom is -0.344 e. The van der Waals surface area contributed by atoms with Crippen LogP contribution >= 0.6 is 11.3 Å². The zero-order chi connectivity index (χ0) is 15.4. The van der Waals surface area contributed by atoms with Crippen LogP contribution in [0.4, 0.5) is 0 Å². The number of rotatable bonds is 1. The Morgan fingerprint density at radius 2 is 2.14 bits per heavy atom. The summed E-state index contributed by atoms with van der Waals surface area (Å²) < 4.78 is 1.55. The fourth-order valence-corrected chi connectivity index (χ4v) is 4.97. The van der Waals surface area contributed by atoms with Crippen LogP contribution in [0.3, 0.4) is 0 Å². The molecule has 1 saturated heterocycles. The van der Waals surface area contributed by atoms with Gasteiger partial charge in [0, 0.05) is 18.5 Å². The summed E-state index contributed by atoms with van der Waals surface area (Å²) in [6, 6.07) is -0.382. The first-order valence-electron chi connectivity index (χ1n) is 7.82. The summed E-state index contributed by atoms with van der Waals surface area (Å²) in [5, 5.41) is 0.761. The van der Waals surface area contributed by atoms with Gasteiger partial charge in [0.2, 0.25) is 5.91 Å². The summed E-state index contributed by atoms with van der Waals surface area (Å²) in [5.74, 6) is 0.689. The number of aryl methyl sites for hydroxylation is 1. The molecule has 116 valence electrons. The van der Waals surface area contributed by atoms with Crippen molar-refractivity contribution >= 4 is 27.5 Å².